The zero-order valence-electron chi connectivity index (χ0n) is 17.2. The fourth-order valence-electron chi connectivity index (χ4n) is 4.77. The second-order valence-electron chi connectivity index (χ2n) is 8.11. The molecule has 2 aliphatic heterocycles. The summed E-state index contributed by atoms with van der Waals surface area (Å²) in [5, 5.41) is 25.5. The largest absolute Gasteiger partial charge is 0.497 e. The number of aromatic nitrogens is 1. The maximum Gasteiger partial charge on any atom is 0.269 e. The van der Waals surface area contributed by atoms with Crippen molar-refractivity contribution in [3.63, 3.8) is 0 Å². The summed E-state index contributed by atoms with van der Waals surface area (Å²) in [7, 11) is 1.67. The maximum absolute atomic E-state index is 10.9. The number of piperidine rings is 1. The van der Waals surface area contributed by atoms with E-state index in [4.69, 9.17) is 4.74 Å². The van der Waals surface area contributed by atoms with Crippen LogP contribution < -0.4 is 10.1 Å². The Morgan fingerprint density at radius 1 is 1.16 bits per heavy atom. The Bertz CT molecular complexity index is 1120. The van der Waals surface area contributed by atoms with Gasteiger partial charge in [0.2, 0.25) is 0 Å². The molecule has 0 bridgehead atoms. The number of likely N-dealkylation sites (tertiary alicyclic amines) is 1. The third kappa shape index (κ3) is 3.24. The summed E-state index contributed by atoms with van der Waals surface area (Å²) in [5.74, 6) is 0.808. The van der Waals surface area contributed by atoms with E-state index in [9.17, 15) is 15.2 Å². The van der Waals surface area contributed by atoms with Crippen LogP contribution in [-0.2, 0) is 5.54 Å². The third-order valence-electron chi connectivity index (χ3n) is 6.48. The highest BCUT2D eigenvalue weighted by atomic mass is 16.6. The molecule has 5 rings (SSSR count). The van der Waals surface area contributed by atoms with Crippen LogP contribution in [0.5, 0.6) is 5.75 Å². The first-order valence-corrected chi connectivity index (χ1v) is 10.3. The lowest BCUT2D eigenvalue weighted by Crippen LogP contribution is -2.50. The quantitative estimate of drug-likeness (QED) is 0.493. The minimum absolute atomic E-state index is 0.0230. The number of nitrogens with one attached hydrogen (secondary N) is 1. The molecule has 2 aliphatic rings. The number of methoxy groups -OCH3 is 1. The maximum atomic E-state index is 10.9. The molecular formula is C23H24N4O4. The molecule has 3 aromatic rings. The molecule has 1 fully saturated rings. The number of benzene rings is 2. The molecule has 160 valence electrons. The molecule has 2 N–H and O–H groups in total. The van der Waals surface area contributed by atoms with Crippen LogP contribution in [0.15, 0.2) is 60.8 Å². The van der Waals surface area contributed by atoms with E-state index in [1.54, 1.807) is 19.2 Å². The highest BCUT2D eigenvalue weighted by Crippen LogP contribution is 2.45. The van der Waals surface area contributed by atoms with Gasteiger partial charge in [0.1, 0.15) is 12.0 Å². The van der Waals surface area contributed by atoms with Crippen molar-refractivity contribution in [2.75, 3.05) is 25.5 Å². The van der Waals surface area contributed by atoms with Crippen molar-refractivity contribution in [3.8, 4) is 11.4 Å². The molecule has 8 heteroatoms. The molecule has 1 aromatic heterocycles. The number of non-ortho nitro benzene ring substituents is 1. The number of ether oxygens (including phenoxy) is 1. The van der Waals surface area contributed by atoms with Crippen molar-refractivity contribution < 1.29 is 14.8 Å². The van der Waals surface area contributed by atoms with Gasteiger partial charge in [-0.05, 0) is 54.8 Å². The lowest BCUT2D eigenvalue weighted by molar-refractivity contribution is -0.384. The number of anilines is 1. The minimum Gasteiger partial charge on any atom is -0.497 e. The molecule has 1 spiro atoms. The van der Waals surface area contributed by atoms with Crippen molar-refractivity contribution in [1.82, 2.24) is 9.47 Å². The number of nitrogens with zero attached hydrogens (tertiary/aromatic N) is 3. The minimum atomic E-state index is -0.791. The van der Waals surface area contributed by atoms with E-state index in [1.807, 2.05) is 17.0 Å². The molecule has 3 heterocycles. The van der Waals surface area contributed by atoms with Gasteiger partial charge in [0, 0.05) is 43.2 Å². The number of aliphatic hydroxyl groups is 1. The van der Waals surface area contributed by atoms with Crippen LogP contribution in [0.3, 0.4) is 0 Å². The van der Waals surface area contributed by atoms with Crippen molar-refractivity contribution >= 4 is 11.4 Å². The zero-order valence-corrected chi connectivity index (χ0v) is 17.2. The SMILES string of the molecule is COc1ccc2c(c1)NC1(CCN(C(O)c3ccc([N+](=O)[O-])cc3)CC1)c1cccn1-2. The number of nitro benzene ring substituents is 1. The van der Waals surface area contributed by atoms with Crippen LogP contribution in [0.25, 0.3) is 5.69 Å². The summed E-state index contributed by atoms with van der Waals surface area (Å²) in [6.07, 6.45) is 2.93. The Morgan fingerprint density at radius 2 is 1.90 bits per heavy atom. The van der Waals surface area contributed by atoms with Gasteiger partial charge in [-0.1, -0.05) is 0 Å². The van der Waals surface area contributed by atoms with E-state index < -0.39 is 11.2 Å². The van der Waals surface area contributed by atoms with E-state index in [1.165, 1.54) is 17.8 Å². The zero-order chi connectivity index (χ0) is 21.6. The third-order valence-corrected chi connectivity index (χ3v) is 6.48. The first-order valence-electron chi connectivity index (χ1n) is 10.3. The Morgan fingerprint density at radius 3 is 2.58 bits per heavy atom. The summed E-state index contributed by atoms with van der Waals surface area (Å²) in [6.45, 7) is 1.38. The Labute approximate surface area is 179 Å². The van der Waals surface area contributed by atoms with E-state index in [0.29, 0.717) is 18.7 Å². The fraction of sp³-hybridized carbons (Fsp3) is 0.304. The van der Waals surface area contributed by atoms with Crippen LogP contribution in [0.4, 0.5) is 11.4 Å². The predicted molar refractivity (Wildman–Crippen MR) is 116 cm³/mol. The van der Waals surface area contributed by atoms with Crippen LogP contribution in [0.1, 0.15) is 30.3 Å². The van der Waals surface area contributed by atoms with Gasteiger partial charge in [0.25, 0.3) is 5.69 Å². The summed E-state index contributed by atoms with van der Waals surface area (Å²) >= 11 is 0. The summed E-state index contributed by atoms with van der Waals surface area (Å²) in [5.41, 5.74) is 3.81. The first kappa shape index (κ1) is 19.6. The second-order valence-corrected chi connectivity index (χ2v) is 8.11. The van der Waals surface area contributed by atoms with Gasteiger partial charge in [0.05, 0.1) is 28.9 Å². The number of nitro groups is 1. The number of rotatable bonds is 4. The number of fused-ring (bicyclic) bond motifs is 4. The molecule has 8 nitrogen and oxygen atoms in total. The van der Waals surface area contributed by atoms with Gasteiger partial charge in [-0.3, -0.25) is 15.0 Å². The van der Waals surface area contributed by atoms with Gasteiger partial charge in [-0.2, -0.15) is 0 Å². The molecule has 31 heavy (non-hydrogen) atoms. The standard InChI is InChI=1S/C23H24N4O4/c1-31-18-8-9-20-19(15-18)24-23(21-3-2-12-26(20)21)10-13-25(14-11-23)22(28)16-4-6-17(7-5-16)27(29)30/h2-9,12,15,22,24,28H,10-11,13-14H2,1H3. The normalized spacial score (nSPS) is 18.0. The van der Waals surface area contributed by atoms with Crippen molar-refractivity contribution in [3.05, 3.63) is 82.2 Å². The van der Waals surface area contributed by atoms with Crippen molar-refractivity contribution in [2.24, 2.45) is 0 Å². The van der Waals surface area contributed by atoms with Crippen molar-refractivity contribution in [2.45, 2.75) is 24.6 Å². The van der Waals surface area contributed by atoms with Crippen molar-refractivity contribution in [1.29, 1.82) is 0 Å². The molecule has 1 atom stereocenters. The number of hydrogen-bond acceptors (Lipinski definition) is 6. The smallest absolute Gasteiger partial charge is 0.269 e. The summed E-state index contributed by atoms with van der Waals surface area (Å²) in [6, 6.07) is 16.4. The van der Waals surface area contributed by atoms with Crippen LogP contribution in [-0.4, -0.2) is 39.7 Å². The lowest BCUT2D eigenvalue weighted by Gasteiger charge is -2.47. The van der Waals surface area contributed by atoms with E-state index in [2.05, 4.69) is 34.3 Å². The van der Waals surface area contributed by atoms with Gasteiger partial charge in [-0.25, -0.2) is 0 Å². The molecule has 1 saturated heterocycles. The molecule has 0 amide bonds. The Kier molecular flexibility index (Phi) is 4.68. The van der Waals surface area contributed by atoms with E-state index >= 15 is 0 Å². The van der Waals surface area contributed by atoms with Gasteiger partial charge < -0.3 is 19.7 Å². The van der Waals surface area contributed by atoms with Gasteiger partial charge >= 0.3 is 0 Å². The van der Waals surface area contributed by atoms with Crippen LogP contribution in [0.2, 0.25) is 0 Å². The van der Waals surface area contributed by atoms with Crippen LogP contribution in [0, 0.1) is 10.1 Å². The van der Waals surface area contributed by atoms with E-state index in [0.717, 1.165) is 30.0 Å². The Hall–Kier alpha value is -3.36. The Balaban J connectivity index is 1.37. The molecule has 0 aliphatic carbocycles. The number of aliphatic hydroxyl groups excluding tert-OH is 1. The van der Waals surface area contributed by atoms with Crippen LogP contribution >= 0.6 is 0 Å². The molecule has 0 radical (unpaired) electrons. The highest BCUT2D eigenvalue weighted by Gasteiger charge is 2.42. The summed E-state index contributed by atoms with van der Waals surface area (Å²) < 4.78 is 7.64. The monoisotopic (exact) mass is 420 g/mol. The van der Waals surface area contributed by atoms with Gasteiger partial charge in [0.15, 0.2) is 0 Å². The van der Waals surface area contributed by atoms with Gasteiger partial charge in [-0.15, -0.1) is 0 Å². The molecular weight excluding hydrogens is 396 g/mol. The molecule has 2 aromatic carbocycles. The highest BCUT2D eigenvalue weighted by molar-refractivity contribution is 5.69. The first-order chi connectivity index (χ1) is 15.0. The molecule has 1 unspecified atom stereocenters. The summed E-state index contributed by atoms with van der Waals surface area (Å²) in [4.78, 5) is 12.5. The predicted octanol–water partition coefficient (Wildman–Crippen LogP) is 3.80. The molecule has 0 saturated carbocycles. The fourth-order valence-corrected chi connectivity index (χ4v) is 4.77. The second kappa shape index (κ2) is 7.40. The lowest BCUT2D eigenvalue weighted by atomic mass is 9.82. The average molecular weight is 420 g/mol. The average Bonchev–Trinajstić information content (AvgIpc) is 3.30. The topological polar surface area (TPSA) is 92.8 Å². The van der Waals surface area contributed by atoms with E-state index in [-0.39, 0.29) is 11.2 Å². The number of hydrogen-bond donors (Lipinski definition) is 2.